The molecule has 1 rings (SSSR count). The molecule has 4 nitrogen and oxygen atoms in total. The number of nitrogens with two attached hydrogens (primary N) is 1. The molecular formula is C6H10N4S. The van der Waals surface area contributed by atoms with E-state index in [9.17, 15) is 0 Å². The van der Waals surface area contributed by atoms with Crippen LogP contribution in [0.25, 0.3) is 0 Å². The Balaban J connectivity index is 2.87. The van der Waals surface area contributed by atoms with Gasteiger partial charge in [0, 0.05) is 7.05 Å². The van der Waals surface area contributed by atoms with Gasteiger partial charge < -0.3 is 11.1 Å². The maximum atomic E-state index is 5.29. The van der Waals surface area contributed by atoms with Crippen molar-refractivity contribution in [3.63, 3.8) is 0 Å². The molecule has 0 bridgehead atoms. The van der Waals surface area contributed by atoms with Crippen LogP contribution in [0.3, 0.4) is 0 Å². The molecule has 1 heterocycles. The zero-order chi connectivity index (χ0) is 8.43. The Morgan fingerprint density at radius 1 is 1.82 bits per heavy atom. The molecule has 11 heavy (non-hydrogen) atoms. The van der Waals surface area contributed by atoms with Crippen molar-refractivity contribution in [2.45, 2.75) is 6.92 Å². The number of anilines is 1. The fourth-order valence-corrected chi connectivity index (χ4v) is 0.864. The van der Waals surface area contributed by atoms with Crippen LogP contribution >= 0.6 is 12.2 Å². The molecule has 0 spiro atoms. The number of nitrogens with zero attached hydrogens (tertiary/aromatic N) is 2. The highest BCUT2D eigenvalue weighted by molar-refractivity contribution is 7.80. The van der Waals surface area contributed by atoms with Crippen LogP contribution in [0.2, 0.25) is 0 Å². The Morgan fingerprint density at radius 3 is 2.82 bits per heavy atom. The third-order valence-corrected chi connectivity index (χ3v) is 1.60. The first-order chi connectivity index (χ1) is 5.11. The number of aromatic nitrogens is 2. The predicted octanol–water partition coefficient (Wildman–Crippen LogP) is 0.384. The number of nitrogens with one attached hydrogen (secondary N) is 1. The lowest BCUT2D eigenvalue weighted by Gasteiger charge is -2.00. The minimum atomic E-state index is 0.265. The summed E-state index contributed by atoms with van der Waals surface area (Å²) < 4.78 is 1.75. The molecule has 0 aliphatic carbocycles. The van der Waals surface area contributed by atoms with Crippen molar-refractivity contribution in [2.24, 2.45) is 12.8 Å². The lowest BCUT2D eigenvalue weighted by Crippen LogP contribution is -2.19. The largest absolute Gasteiger partial charge is 0.376 e. The molecule has 0 amide bonds. The fraction of sp³-hybridized carbons (Fsp3) is 0.333. The summed E-state index contributed by atoms with van der Waals surface area (Å²) in [5.41, 5.74) is 7.16. The predicted molar refractivity (Wildman–Crippen MR) is 48.4 cm³/mol. The van der Waals surface area contributed by atoms with Gasteiger partial charge in [-0.25, -0.2) is 0 Å². The highest BCUT2D eigenvalue weighted by atomic mass is 32.1. The standard InChI is InChI=1S/C6H10N4S/c1-4-5(9-6(7)11)3-8-10(4)2/h3H,1-2H3,(H3,7,9,11). The van der Waals surface area contributed by atoms with Gasteiger partial charge in [-0.1, -0.05) is 0 Å². The Morgan fingerprint density at radius 2 is 2.45 bits per heavy atom. The van der Waals surface area contributed by atoms with Crippen LogP contribution in [0.1, 0.15) is 5.69 Å². The van der Waals surface area contributed by atoms with Gasteiger partial charge in [0.25, 0.3) is 0 Å². The second-order valence-corrected chi connectivity index (χ2v) is 2.70. The van der Waals surface area contributed by atoms with E-state index in [1.54, 1.807) is 10.9 Å². The van der Waals surface area contributed by atoms with E-state index >= 15 is 0 Å². The molecule has 1 aromatic heterocycles. The van der Waals surface area contributed by atoms with Gasteiger partial charge in [-0.2, -0.15) is 5.10 Å². The highest BCUT2D eigenvalue weighted by Gasteiger charge is 2.01. The summed E-state index contributed by atoms with van der Waals surface area (Å²) in [6, 6.07) is 0. The van der Waals surface area contributed by atoms with Crippen molar-refractivity contribution < 1.29 is 0 Å². The molecule has 0 aromatic carbocycles. The summed E-state index contributed by atoms with van der Waals surface area (Å²) in [6.45, 7) is 1.94. The normalized spacial score (nSPS) is 9.64. The fourth-order valence-electron chi connectivity index (χ4n) is 0.754. The Bertz CT molecular complexity index is 278. The van der Waals surface area contributed by atoms with E-state index in [1.165, 1.54) is 0 Å². The van der Waals surface area contributed by atoms with Crippen molar-refractivity contribution in [1.29, 1.82) is 0 Å². The summed E-state index contributed by atoms with van der Waals surface area (Å²) >= 11 is 4.68. The molecule has 0 unspecified atom stereocenters. The van der Waals surface area contributed by atoms with Gasteiger partial charge in [-0.3, -0.25) is 4.68 Å². The van der Waals surface area contributed by atoms with Crippen LogP contribution < -0.4 is 11.1 Å². The first-order valence-electron chi connectivity index (χ1n) is 3.16. The van der Waals surface area contributed by atoms with Gasteiger partial charge in [0.2, 0.25) is 0 Å². The minimum absolute atomic E-state index is 0.265. The summed E-state index contributed by atoms with van der Waals surface area (Å²) in [5, 5.41) is 7.09. The summed E-state index contributed by atoms with van der Waals surface area (Å²) in [7, 11) is 1.86. The van der Waals surface area contributed by atoms with Crippen LogP contribution in [0, 0.1) is 6.92 Å². The van der Waals surface area contributed by atoms with Crippen molar-refractivity contribution in [3.8, 4) is 0 Å². The first kappa shape index (κ1) is 8.00. The SMILES string of the molecule is Cc1c(NC(N)=S)cnn1C. The third-order valence-electron chi connectivity index (χ3n) is 1.49. The number of thiocarbonyl (C=S) groups is 1. The van der Waals surface area contributed by atoms with Gasteiger partial charge in [-0.05, 0) is 19.1 Å². The molecule has 60 valence electrons. The second-order valence-electron chi connectivity index (χ2n) is 2.26. The Labute approximate surface area is 70.4 Å². The number of rotatable bonds is 1. The van der Waals surface area contributed by atoms with Crippen molar-refractivity contribution >= 4 is 23.0 Å². The van der Waals surface area contributed by atoms with E-state index in [4.69, 9.17) is 5.73 Å². The molecule has 0 atom stereocenters. The van der Waals surface area contributed by atoms with Crippen molar-refractivity contribution in [2.75, 3.05) is 5.32 Å². The smallest absolute Gasteiger partial charge is 0.168 e. The highest BCUT2D eigenvalue weighted by Crippen LogP contribution is 2.10. The quantitative estimate of drug-likeness (QED) is 0.598. The molecule has 0 saturated heterocycles. The van der Waals surface area contributed by atoms with Crippen LogP contribution in [-0.2, 0) is 7.05 Å². The van der Waals surface area contributed by atoms with Crippen LogP contribution in [0.4, 0.5) is 5.69 Å². The zero-order valence-electron chi connectivity index (χ0n) is 6.46. The first-order valence-corrected chi connectivity index (χ1v) is 3.57. The molecular weight excluding hydrogens is 160 g/mol. The molecule has 0 aliphatic heterocycles. The number of aryl methyl sites for hydroxylation is 1. The van der Waals surface area contributed by atoms with E-state index < -0.39 is 0 Å². The van der Waals surface area contributed by atoms with E-state index in [0.29, 0.717) is 0 Å². The molecule has 5 heteroatoms. The molecule has 0 aliphatic rings. The molecule has 0 saturated carbocycles. The van der Waals surface area contributed by atoms with E-state index in [0.717, 1.165) is 11.4 Å². The van der Waals surface area contributed by atoms with E-state index in [-0.39, 0.29) is 5.11 Å². The maximum Gasteiger partial charge on any atom is 0.168 e. The number of hydrogen-bond donors (Lipinski definition) is 2. The molecule has 0 radical (unpaired) electrons. The van der Waals surface area contributed by atoms with Crippen molar-refractivity contribution in [3.05, 3.63) is 11.9 Å². The van der Waals surface area contributed by atoms with Crippen LogP contribution in [0.15, 0.2) is 6.20 Å². The number of hydrogen-bond acceptors (Lipinski definition) is 2. The lowest BCUT2D eigenvalue weighted by molar-refractivity contribution is 0.740. The average molecular weight is 170 g/mol. The van der Waals surface area contributed by atoms with Gasteiger partial charge >= 0.3 is 0 Å². The zero-order valence-corrected chi connectivity index (χ0v) is 7.27. The summed E-state index contributed by atoms with van der Waals surface area (Å²) in [5.74, 6) is 0. The summed E-state index contributed by atoms with van der Waals surface area (Å²) in [6.07, 6.45) is 1.69. The Hall–Kier alpha value is -1.10. The monoisotopic (exact) mass is 170 g/mol. The van der Waals surface area contributed by atoms with Gasteiger partial charge in [0.15, 0.2) is 5.11 Å². The van der Waals surface area contributed by atoms with E-state index in [2.05, 4.69) is 22.6 Å². The molecule has 3 N–H and O–H groups in total. The van der Waals surface area contributed by atoms with Crippen molar-refractivity contribution in [1.82, 2.24) is 9.78 Å². The molecule has 0 fully saturated rings. The maximum absolute atomic E-state index is 5.29. The third kappa shape index (κ3) is 1.68. The van der Waals surface area contributed by atoms with Gasteiger partial charge in [-0.15, -0.1) is 0 Å². The minimum Gasteiger partial charge on any atom is -0.376 e. The average Bonchev–Trinajstić information content (AvgIpc) is 2.18. The van der Waals surface area contributed by atoms with Crippen LogP contribution in [0.5, 0.6) is 0 Å². The van der Waals surface area contributed by atoms with E-state index in [1.807, 2.05) is 14.0 Å². The van der Waals surface area contributed by atoms with Gasteiger partial charge in [0.05, 0.1) is 17.6 Å². The summed E-state index contributed by atoms with van der Waals surface area (Å²) in [4.78, 5) is 0. The second kappa shape index (κ2) is 2.87. The van der Waals surface area contributed by atoms with Crippen LogP contribution in [-0.4, -0.2) is 14.9 Å². The molecule has 1 aromatic rings. The Kier molecular flexibility index (Phi) is 2.09. The van der Waals surface area contributed by atoms with Gasteiger partial charge in [0.1, 0.15) is 0 Å². The topological polar surface area (TPSA) is 55.9 Å². The lowest BCUT2D eigenvalue weighted by atomic mass is 10.4.